The third-order valence-electron chi connectivity index (χ3n) is 4.64. The lowest BCUT2D eigenvalue weighted by molar-refractivity contribution is 0.00578. The summed E-state index contributed by atoms with van der Waals surface area (Å²) in [6.07, 6.45) is 3.41. The van der Waals surface area contributed by atoms with Crippen molar-refractivity contribution in [2.75, 3.05) is 11.0 Å². The highest BCUT2D eigenvalue weighted by molar-refractivity contribution is 7.92. The predicted octanol–water partition coefficient (Wildman–Crippen LogP) is 1.90. The molecule has 0 bridgehead atoms. The van der Waals surface area contributed by atoms with Crippen LogP contribution >= 0.6 is 0 Å². The van der Waals surface area contributed by atoms with Gasteiger partial charge in [0, 0.05) is 11.2 Å². The van der Waals surface area contributed by atoms with Gasteiger partial charge in [0.1, 0.15) is 5.75 Å². The maximum absolute atomic E-state index is 11.5. The average Bonchev–Trinajstić information content (AvgIpc) is 3.17. The molecule has 1 heterocycles. The summed E-state index contributed by atoms with van der Waals surface area (Å²) in [6.45, 7) is 7.92. The molecular weight excluding hydrogens is 329 g/mol. The van der Waals surface area contributed by atoms with Crippen molar-refractivity contribution in [1.29, 1.82) is 0 Å². The Morgan fingerprint density at radius 2 is 1.75 bits per heavy atom. The zero-order valence-corrected chi connectivity index (χ0v) is 15.6. The summed E-state index contributed by atoms with van der Waals surface area (Å²) in [7, 11) is -3.97. The van der Waals surface area contributed by atoms with E-state index in [9.17, 15) is 8.42 Å². The number of anilines is 1. The van der Waals surface area contributed by atoms with E-state index < -0.39 is 28.3 Å². The van der Waals surface area contributed by atoms with Gasteiger partial charge in [-0.15, -0.1) is 0 Å². The lowest BCUT2D eigenvalue weighted by Crippen LogP contribution is -2.41. The molecule has 0 aromatic heterocycles. The second kappa shape index (κ2) is 5.64. The molecule has 0 amide bonds. The lowest BCUT2D eigenvalue weighted by Gasteiger charge is -2.32. The highest BCUT2D eigenvalue weighted by atomic mass is 32.2. The smallest absolute Gasteiger partial charge is 0.491 e. The summed E-state index contributed by atoms with van der Waals surface area (Å²) in [6, 6.07) is 5.18. The number of ether oxygens (including phenoxy) is 1. The molecule has 132 valence electrons. The van der Waals surface area contributed by atoms with E-state index in [0.717, 1.165) is 19.1 Å². The van der Waals surface area contributed by atoms with E-state index >= 15 is 0 Å². The second-order valence-electron chi connectivity index (χ2n) is 7.53. The maximum atomic E-state index is 11.5. The standard InChI is InChI=1S/C16H24BNO5S/c1-15(2)16(3,4)23-17(22-15)13-10-11(18-24(5,19)20)6-9-14(13)21-12-7-8-12/h6,9-10,12,18H,7-8H2,1-5H3. The summed E-state index contributed by atoms with van der Waals surface area (Å²) in [4.78, 5) is 0. The molecule has 2 aliphatic rings. The molecule has 2 fully saturated rings. The molecule has 0 spiro atoms. The first-order chi connectivity index (χ1) is 11.0. The molecule has 1 aromatic rings. The monoisotopic (exact) mass is 353 g/mol. The van der Waals surface area contributed by atoms with Gasteiger partial charge >= 0.3 is 7.12 Å². The van der Waals surface area contributed by atoms with Gasteiger partial charge in [-0.1, -0.05) is 0 Å². The van der Waals surface area contributed by atoms with Crippen LogP contribution in [0.4, 0.5) is 5.69 Å². The van der Waals surface area contributed by atoms with Crippen LogP contribution in [0.3, 0.4) is 0 Å². The van der Waals surface area contributed by atoms with Crippen molar-refractivity contribution in [2.45, 2.75) is 57.8 Å². The summed E-state index contributed by atoms with van der Waals surface area (Å²) in [5.74, 6) is 0.676. The fraction of sp³-hybridized carbons (Fsp3) is 0.625. The van der Waals surface area contributed by atoms with Gasteiger partial charge in [-0.05, 0) is 58.7 Å². The van der Waals surface area contributed by atoms with Crippen molar-refractivity contribution in [3.8, 4) is 5.75 Å². The number of hydrogen-bond donors (Lipinski definition) is 1. The van der Waals surface area contributed by atoms with Crippen molar-refractivity contribution in [3.05, 3.63) is 18.2 Å². The quantitative estimate of drug-likeness (QED) is 0.819. The van der Waals surface area contributed by atoms with Crippen molar-refractivity contribution < 1.29 is 22.5 Å². The molecule has 24 heavy (non-hydrogen) atoms. The SMILES string of the molecule is CC1(C)OB(c2cc(NS(C)(=O)=O)ccc2OC2CC2)OC1(C)C. The van der Waals surface area contributed by atoms with E-state index in [1.54, 1.807) is 18.2 Å². The van der Waals surface area contributed by atoms with E-state index in [-0.39, 0.29) is 6.10 Å². The summed E-state index contributed by atoms with van der Waals surface area (Å²) in [5.41, 5.74) is 0.211. The number of benzene rings is 1. The Hall–Kier alpha value is -1.25. The highest BCUT2D eigenvalue weighted by Gasteiger charge is 2.52. The van der Waals surface area contributed by atoms with Crippen LogP contribution in [0.1, 0.15) is 40.5 Å². The maximum Gasteiger partial charge on any atom is 0.498 e. The molecule has 0 unspecified atom stereocenters. The third kappa shape index (κ3) is 3.71. The Morgan fingerprint density at radius 1 is 1.17 bits per heavy atom. The molecule has 1 saturated carbocycles. The van der Waals surface area contributed by atoms with Gasteiger partial charge in [0.05, 0.1) is 23.6 Å². The van der Waals surface area contributed by atoms with Crippen LogP contribution < -0.4 is 14.9 Å². The zero-order chi connectivity index (χ0) is 17.8. The van der Waals surface area contributed by atoms with Gasteiger partial charge in [0.25, 0.3) is 0 Å². The van der Waals surface area contributed by atoms with Gasteiger partial charge in [-0.3, -0.25) is 4.72 Å². The predicted molar refractivity (Wildman–Crippen MR) is 94.3 cm³/mol. The molecule has 6 nitrogen and oxygen atoms in total. The van der Waals surface area contributed by atoms with E-state index in [1.165, 1.54) is 0 Å². The minimum Gasteiger partial charge on any atom is -0.491 e. The molecular formula is C16H24BNO5S. The Labute approximate surface area is 144 Å². The van der Waals surface area contributed by atoms with Gasteiger partial charge in [0.15, 0.2) is 0 Å². The molecule has 1 aromatic carbocycles. The van der Waals surface area contributed by atoms with Crippen LogP contribution in [0, 0.1) is 0 Å². The topological polar surface area (TPSA) is 73.9 Å². The third-order valence-corrected chi connectivity index (χ3v) is 5.24. The first-order valence-corrected chi connectivity index (χ1v) is 10.00. The van der Waals surface area contributed by atoms with Crippen molar-refractivity contribution in [1.82, 2.24) is 0 Å². The molecule has 0 radical (unpaired) electrons. The molecule has 1 N–H and O–H groups in total. The van der Waals surface area contributed by atoms with E-state index in [2.05, 4.69) is 4.72 Å². The van der Waals surface area contributed by atoms with Crippen molar-refractivity contribution in [3.63, 3.8) is 0 Å². The number of hydrogen-bond acceptors (Lipinski definition) is 5. The van der Waals surface area contributed by atoms with Crippen molar-refractivity contribution >= 4 is 28.3 Å². The zero-order valence-electron chi connectivity index (χ0n) is 14.8. The number of rotatable bonds is 5. The normalized spacial score (nSPS) is 22.5. The molecule has 1 saturated heterocycles. The van der Waals surface area contributed by atoms with Crippen LogP contribution in [-0.4, -0.2) is 39.1 Å². The fourth-order valence-electron chi connectivity index (χ4n) is 2.45. The summed E-state index contributed by atoms with van der Waals surface area (Å²) in [5, 5.41) is 0. The molecule has 1 aliphatic heterocycles. The lowest BCUT2D eigenvalue weighted by atomic mass is 9.78. The van der Waals surface area contributed by atoms with Crippen LogP contribution in [0.5, 0.6) is 5.75 Å². The average molecular weight is 353 g/mol. The van der Waals surface area contributed by atoms with Crippen LogP contribution in [0.15, 0.2) is 18.2 Å². The van der Waals surface area contributed by atoms with Crippen LogP contribution in [-0.2, 0) is 19.3 Å². The van der Waals surface area contributed by atoms with E-state index in [1.807, 2.05) is 27.7 Å². The van der Waals surface area contributed by atoms with Crippen LogP contribution in [0.2, 0.25) is 0 Å². The first kappa shape index (κ1) is 17.6. The molecule has 1 aliphatic carbocycles. The van der Waals surface area contributed by atoms with Crippen LogP contribution in [0.25, 0.3) is 0 Å². The number of nitrogens with one attached hydrogen (secondary N) is 1. The van der Waals surface area contributed by atoms with Gasteiger partial charge in [0.2, 0.25) is 10.0 Å². The Morgan fingerprint density at radius 3 is 2.25 bits per heavy atom. The van der Waals surface area contributed by atoms with Gasteiger partial charge in [-0.25, -0.2) is 8.42 Å². The Bertz CT molecular complexity index is 727. The van der Waals surface area contributed by atoms with E-state index in [4.69, 9.17) is 14.0 Å². The summed E-state index contributed by atoms with van der Waals surface area (Å²) >= 11 is 0. The van der Waals surface area contributed by atoms with Crippen molar-refractivity contribution in [2.24, 2.45) is 0 Å². The molecule has 8 heteroatoms. The van der Waals surface area contributed by atoms with Gasteiger partial charge in [-0.2, -0.15) is 0 Å². The summed E-state index contributed by atoms with van der Waals surface area (Å²) < 4.78 is 43.7. The highest BCUT2D eigenvalue weighted by Crippen LogP contribution is 2.38. The number of sulfonamides is 1. The van der Waals surface area contributed by atoms with E-state index in [0.29, 0.717) is 16.9 Å². The Kier molecular flexibility index (Phi) is 4.13. The minimum atomic E-state index is -3.36. The largest absolute Gasteiger partial charge is 0.498 e. The fourth-order valence-corrected chi connectivity index (χ4v) is 3.01. The molecule has 0 atom stereocenters. The minimum absolute atomic E-state index is 0.222. The van der Waals surface area contributed by atoms with Gasteiger partial charge < -0.3 is 14.0 Å². The first-order valence-electron chi connectivity index (χ1n) is 8.11. The second-order valence-corrected chi connectivity index (χ2v) is 9.28. The Balaban J connectivity index is 1.95. The molecule has 3 rings (SSSR count).